The fourth-order valence-electron chi connectivity index (χ4n) is 1.79. The van der Waals surface area contributed by atoms with Gasteiger partial charge in [-0.2, -0.15) is 0 Å². The zero-order valence-corrected chi connectivity index (χ0v) is 13.0. The largest absolute Gasteiger partial charge is 0.493 e. The highest BCUT2D eigenvalue weighted by atomic mass is 35.5. The lowest BCUT2D eigenvalue weighted by Gasteiger charge is -2.17. The minimum atomic E-state index is 0. The van der Waals surface area contributed by atoms with Crippen LogP contribution in [0.4, 0.5) is 0 Å². The molecule has 0 spiro atoms. The third kappa shape index (κ3) is 7.28. The molecule has 0 fully saturated rings. The maximum absolute atomic E-state index is 5.74. The Kier molecular flexibility index (Phi) is 10.4. The standard InChI is InChI=1S/C15H25NO2.ClH/c1-4-5-8-11-16(2)12-13-18-15-10-7-6-9-14(15)17-3;/h6-7,9-10H,4-5,8,11-13H2,1-3H3;1H. The predicted octanol–water partition coefficient (Wildman–Crippen LogP) is 3.62. The smallest absolute Gasteiger partial charge is 0.161 e. The third-order valence-electron chi connectivity index (χ3n) is 2.94. The summed E-state index contributed by atoms with van der Waals surface area (Å²) in [6.07, 6.45) is 3.84. The highest BCUT2D eigenvalue weighted by Crippen LogP contribution is 2.25. The van der Waals surface area contributed by atoms with E-state index >= 15 is 0 Å². The number of halogens is 1. The summed E-state index contributed by atoms with van der Waals surface area (Å²) in [5, 5.41) is 0. The highest BCUT2D eigenvalue weighted by Gasteiger charge is 2.03. The van der Waals surface area contributed by atoms with Crippen molar-refractivity contribution in [1.29, 1.82) is 0 Å². The van der Waals surface area contributed by atoms with Crippen LogP contribution in [0.15, 0.2) is 24.3 Å². The summed E-state index contributed by atoms with van der Waals surface area (Å²) in [4.78, 5) is 2.31. The number of likely N-dealkylation sites (N-methyl/N-ethyl adjacent to an activating group) is 1. The van der Waals surface area contributed by atoms with Gasteiger partial charge < -0.3 is 14.4 Å². The molecule has 0 aromatic heterocycles. The molecule has 0 aliphatic heterocycles. The number of benzene rings is 1. The van der Waals surface area contributed by atoms with Crippen LogP contribution in [0, 0.1) is 0 Å². The average molecular weight is 288 g/mol. The van der Waals surface area contributed by atoms with Gasteiger partial charge >= 0.3 is 0 Å². The Labute approximate surface area is 123 Å². The summed E-state index contributed by atoms with van der Waals surface area (Å²) < 4.78 is 11.0. The molecule has 3 nitrogen and oxygen atoms in total. The van der Waals surface area contributed by atoms with Gasteiger partial charge in [0.05, 0.1) is 7.11 Å². The second kappa shape index (κ2) is 10.9. The van der Waals surface area contributed by atoms with Crippen LogP contribution in [0.1, 0.15) is 26.2 Å². The van der Waals surface area contributed by atoms with Gasteiger partial charge in [-0.05, 0) is 32.1 Å². The van der Waals surface area contributed by atoms with Crippen molar-refractivity contribution in [2.24, 2.45) is 0 Å². The molecule has 0 aliphatic rings. The van der Waals surface area contributed by atoms with E-state index in [2.05, 4.69) is 18.9 Å². The molecule has 0 amide bonds. The number of hydrogen-bond acceptors (Lipinski definition) is 3. The number of rotatable bonds is 9. The molecule has 0 aliphatic carbocycles. The number of hydrogen-bond donors (Lipinski definition) is 0. The Bertz CT molecular complexity index is 334. The van der Waals surface area contributed by atoms with Crippen molar-refractivity contribution in [2.75, 3.05) is 33.9 Å². The van der Waals surface area contributed by atoms with Gasteiger partial charge in [-0.1, -0.05) is 31.9 Å². The van der Waals surface area contributed by atoms with Gasteiger partial charge in [-0.25, -0.2) is 0 Å². The van der Waals surface area contributed by atoms with Crippen LogP contribution in [0.5, 0.6) is 11.5 Å². The fraction of sp³-hybridized carbons (Fsp3) is 0.600. The summed E-state index contributed by atoms with van der Waals surface area (Å²) in [5.74, 6) is 1.62. The number of methoxy groups -OCH3 is 1. The molecule has 1 aromatic rings. The molecule has 0 saturated heterocycles. The van der Waals surface area contributed by atoms with Crippen molar-refractivity contribution in [3.05, 3.63) is 24.3 Å². The molecular formula is C15H26ClNO2. The van der Waals surface area contributed by atoms with E-state index in [0.29, 0.717) is 6.61 Å². The Morgan fingerprint density at radius 2 is 1.74 bits per heavy atom. The Hall–Kier alpha value is -0.930. The lowest BCUT2D eigenvalue weighted by molar-refractivity contribution is 0.228. The number of nitrogens with zero attached hydrogens (tertiary/aromatic N) is 1. The molecule has 0 N–H and O–H groups in total. The first-order valence-electron chi connectivity index (χ1n) is 6.72. The Morgan fingerprint density at radius 1 is 1.05 bits per heavy atom. The zero-order chi connectivity index (χ0) is 13.2. The summed E-state index contributed by atoms with van der Waals surface area (Å²) >= 11 is 0. The van der Waals surface area contributed by atoms with Gasteiger partial charge in [0.25, 0.3) is 0 Å². The second-order valence-electron chi connectivity index (χ2n) is 4.51. The maximum Gasteiger partial charge on any atom is 0.161 e. The molecule has 0 radical (unpaired) electrons. The van der Waals surface area contributed by atoms with E-state index in [4.69, 9.17) is 9.47 Å². The predicted molar refractivity (Wildman–Crippen MR) is 82.8 cm³/mol. The molecule has 1 aromatic carbocycles. The first-order chi connectivity index (χ1) is 8.77. The van der Waals surface area contributed by atoms with Crippen LogP contribution in [0.2, 0.25) is 0 Å². The minimum absolute atomic E-state index is 0. The number of para-hydroxylation sites is 2. The molecule has 19 heavy (non-hydrogen) atoms. The summed E-state index contributed by atoms with van der Waals surface area (Å²) in [7, 11) is 3.81. The first-order valence-corrected chi connectivity index (χ1v) is 6.72. The second-order valence-corrected chi connectivity index (χ2v) is 4.51. The van der Waals surface area contributed by atoms with Crippen molar-refractivity contribution >= 4 is 12.4 Å². The average Bonchev–Trinajstić information content (AvgIpc) is 2.39. The normalized spacial score (nSPS) is 10.1. The van der Waals surface area contributed by atoms with E-state index in [0.717, 1.165) is 24.6 Å². The molecule has 1 rings (SSSR count). The molecule has 0 saturated carbocycles. The molecule has 4 heteroatoms. The Morgan fingerprint density at radius 3 is 2.37 bits per heavy atom. The monoisotopic (exact) mass is 287 g/mol. The van der Waals surface area contributed by atoms with E-state index < -0.39 is 0 Å². The van der Waals surface area contributed by atoms with E-state index in [1.165, 1.54) is 19.3 Å². The SMILES string of the molecule is CCCCCN(C)CCOc1ccccc1OC.Cl. The lowest BCUT2D eigenvalue weighted by Crippen LogP contribution is -2.25. The van der Waals surface area contributed by atoms with Gasteiger partial charge in [-0.3, -0.25) is 0 Å². The topological polar surface area (TPSA) is 21.7 Å². The third-order valence-corrected chi connectivity index (χ3v) is 2.94. The van der Waals surface area contributed by atoms with E-state index in [-0.39, 0.29) is 12.4 Å². The van der Waals surface area contributed by atoms with E-state index in [1.54, 1.807) is 7.11 Å². The van der Waals surface area contributed by atoms with Gasteiger partial charge in [0.15, 0.2) is 11.5 Å². The summed E-state index contributed by atoms with van der Waals surface area (Å²) in [6.45, 7) is 5.01. The van der Waals surface area contributed by atoms with Crippen LogP contribution >= 0.6 is 12.4 Å². The van der Waals surface area contributed by atoms with Crippen molar-refractivity contribution in [3.8, 4) is 11.5 Å². The highest BCUT2D eigenvalue weighted by molar-refractivity contribution is 5.85. The lowest BCUT2D eigenvalue weighted by atomic mass is 10.2. The number of unbranched alkanes of at least 4 members (excludes halogenated alkanes) is 2. The van der Waals surface area contributed by atoms with Crippen LogP contribution in [0.25, 0.3) is 0 Å². The molecule has 0 heterocycles. The van der Waals surface area contributed by atoms with Crippen LogP contribution in [0.3, 0.4) is 0 Å². The van der Waals surface area contributed by atoms with E-state index in [9.17, 15) is 0 Å². The molecule has 0 atom stereocenters. The molecular weight excluding hydrogens is 262 g/mol. The number of ether oxygens (including phenoxy) is 2. The van der Waals surface area contributed by atoms with Crippen molar-refractivity contribution in [2.45, 2.75) is 26.2 Å². The maximum atomic E-state index is 5.74. The summed E-state index contributed by atoms with van der Waals surface area (Å²) in [5.41, 5.74) is 0. The molecule has 0 bridgehead atoms. The Balaban J connectivity index is 0.00000324. The fourth-order valence-corrected chi connectivity index (χ4v) is 1.79. The van der Waals surface area contributed by atoms with Crippen molar-refractivity contribution in [3.63, 3.8) is 0 Å². The van der Waals surface area contributed by atoms with Gasteiger partial charge in [0, 0.05) is 6.54 Å². The van der Waals surface area contributed by atoms with Crippen molar-refractivity contribution in [1.82, 2.24) is 4.90 Å². The summed E-state index contributed by atoms with van der Waals surface area (Å²) in [6, 6.07) is 7.77. The minimum Gasteiger partial charge on any atom is -0.493 e. The van der Waals surface area contributed by atoms with Crippen molar-refractivity contribution < 1.29 is 9.47 Å². The van der Waals surface area contributed by atoms with Gasteiger partial charge in [-0.15, -0.1) is 12.4 Å². The van der Waals surface area contributed by atoms with Crippen LogP contribution in [-0.2, 0) is 0 Å². The van der Waals surface area contributed by atoms with E-state index in [1.807, 2.05) is 24.3 Å². The quantitative estimate of drug-likeness (QED) is 0.648. The first kappa shape index (κ1) is 18.1. The van der Waals surface area contributed by atoms with Gasteiger partial charge in [0.1, 0.15) is 6.61 Å². The van der Waals surface area contributed by atoms with Crippen LogP contribution in [-0.4, -0.2) is 38.8 Å². The molecule has 110 valence electrons. The van der Waals surface area contributed by atoms with Crippen LogP contribution < -0.4 is 9.47 Å². The molecule has 0 unspecified atom stereocenters. The zero-order valence-electron chi connectivity index (χ0n) is 12.2. The van der Waals surface area contributed by atoms with Gasteiger partial charge in [0.2, 0.25) is 0 Å².